The first-order valence-electron chi connectivity index (χ1n) is 11.7. The molecule has 0 spiro atoms. The monoisotopic (exact) mass is 520 g/mol. The van der Waals surface area contributed by atoms with Crippen LogP contribution in [0.5, 0.6) is 11.5 Å². The lowest BCUT2D eigenvalue weighted by Gasteiger charge is -2.20. The zero-order chi connectivity index (χ0) is 26.3. The number of hydrogen-bond acceptors (Lipinski definition) is 3. The number of alkyl halides is 3. The molecule has 0 amide bonds. The van der Waals surface area contributed by atoms with E-state index in [9.17, 15) is 18.0 Å². The van der Waals surface area contributed by atoms with E-state index in [-0.39, 0.29) is 12.5 Å². The van der Waals surface area contributed by atoms with Crippen LogP contribution in [0, 0.1) is 0 Å². The Labute approximate surface area is 213 Å². The van der Waals surface area contributed by atoms with Crippen molar-refractivity contribution in [1.29, 1.82) is 0 Å². The molecule has 3 aromatic carbocycles. The number of aryl methyl sites for hydroxylation is 2. The fourth-order valence-corrected chi connectivity index (χ4v) is 4.01. The van der Waals surface area contributed by atoms with Gasteiger partial charge in [0.1, 0.15) is 11.5 Å². The summed E-state index contributed by atoms with van der Waals surface area (Å²) in [6.07, 6.45) is -3.02. The maximum absolute atomic E-state index is 13.3. The Balaban J connectivity index is 1.67. The average Bonchev–Trinajstić information content (AvgIpc) is 2.82. The van der Waals surface area contributed by atoms with Gasteiger partial charge in [0.05, 0.1) is 18.3 Å². The van der Waals surface area contributed by atoms with Crippen molar-refractivity contribution in [1.82, 2.24) is 0 Å². The van der Waals surface area contributed by atoms with E-state index in [0.29, 0.717) is 47.1 Å². The minimum atomic E-state index is -4.48. The van der Waals surface area contributed by atoms with Crippen LogP contribution in [0.15, 0.2) is 60.7 Å². The molecule has 0 fully saturated rings. The fourth-order valence-electron chi connectivity index (χ4n) is 3.82. The molecule has 0 aliphatic rings. The summed E-state index contributed by atoms with van der Waals surface area (Å²) in [6.45, 7) is 4.17. The quantitative estimate of drug-likeness (QED) is 0.280. The number of aliphatic carboxylic acids is 1. The topological polar surface area (TPSA) is 55.8 Å². The second kappa shape index (κ2) is 12.2. The first-order chi connectivity index (χ1) is 17.1. The molecule has 36 heavy (non-hydrogen) atoms. The lowest BCUT2D eigenvalue weighted by molar-refractivity contribution is -0.138. The van der Waals surface area contributed by atoms with Crippen LogP contribution in [0.3, 0.4) is 0 Å². The number of hydrogen-bond donors (Lipinski definition) is 1. The van der Waals surface area contributed by atoms with Crippen molar-refractivity contribution < 1.29 is 32.5 Å². The van der Waals surface area contributed by atoms with Gasteiger partial charge in [-0.25, -0.2) is 0 Å². The molecule has 4 nitrogen and oxygen atoms in total. The molecule has 0 radical (unpaired) electrons. The zero-order valence-corrected chi connectivity index (χ0v) is 20.8. The van der Waals surface area contributed by atoms with Crippen LogP contribution in [0.2, 0.25) is 5.02 Å². The van der Waals surface area contributed by atoms with E-state index in [1.807, 2.05) is 32.0 Å². The summed E-state index contributed by atoms with van der Waals surface area (Å²) in [4.78, 5) is 10.9. The first kappa shape index (κ1) is 27.4. The third kappa shape index (κ3) is 7.65. The van der Waals surface area contributed by atoms with E-state index < -0.39 is 17.7 Å². The van der Waals surface area contributed by atoms with Gasteiger partial charge >= 0.3 is 12.1 Å². The van der Waals surface area contributed by atoms with Gasteiger partial charge in [0.2, 0.25) is 0 Å². The third-order valence-electron chi connectivity index (χ3n) is 5.73. The number of halogens is 4. The normalized spacial score (nSPS) is 12.3. The number of rotatable bonds is 11. The highest BCUT2D eigenvalue weighted by atomic mass is 35.5. The molecule has 3 aromatic rings. The van der Waals surface area contributed by atoms with Crippen molar-refractivity contribution in [2.45, 2.75) is 51.8 Å². The van der Waals surface area contributed by atoms with Crippen LogP contribution in [0.25, 0.3) is 11.1 Å². The maximum Gasteiger partial charge on any atom is 0.416 e. The highest BCUT2D eigenvalue weighted by Gasteiger charge is 2.31. The minimum absolute atomic E-state index is 0.0726. The van der Waals surface area contributed by atoms with Crippen molar-refractivity contribution in [2.24, 2.45) is 0 Å². The summed E-state index contributed by atoms with van der Waals surface area (Å²) in [6, 6.07) is 15.6. The van der Waals surface area contributed by atoms with Gasteiger partial charge in [0, 0.05) is 23.4 Å². The van der Waals surface area contributed by atoms with Crippen molar-refractivity contribution >= 4 is 17.6 Å². The molecule has 8 heteroatoms. The summed E-state index contributed by atoms with van der Waals surface area (Å²) in [7, 11) is 0. The number of carboxylic acid groups (broad SMARTS) is 1. The second-order valence-corrected chi connectivity index (χ2v) is 8.90. The SMILES string of the molecule is CCc1cc(OCC[C@H](C)Oc2ccc(C(F)(F)F)cc2-c2cccc(Cl)c2)ccc1CCC(=O)O. The molecule has 0 heterocycles. The van der Waals surface area contributed by atoms with Crippen LogP contribution in [-0.4, -0.2) is 23.8 Å². The van der Waals surface area contributed by atoms with Crippen LogP contribution < -0.4 is 9.47 Å². The van der Waals surface area contributed by atoms with Crippen LogP contribution >= 0.6 is 11.6 Å². The Morgan fingerprint density at radius 1 is 1.06 bits per heavy atom. The fraction of sp³-hybridized carbons (Fsp3) is 0.321. The van der Waals surface area contributed by atoms with Crippen LogP contribution in [0.4, 0.5) is 13.2 Å². The Morgan fingerprint density at radius 3 is 2.50 bits per heavy atom. The molecule has 1 atom stereocenters. The highest BCUT2D eigenvalue weighted by molar-refractivity contribution is 6.30. The Morgan fingerprint density at radius 2 is 1.83 bits per heavy atom. The number of carboxylic acids is 1. The van der Waals surface area contributed by atoms with Crippen molar-refractivity contribution in [3.05, 3.63) is 82.4 Å². The highest BCUT2D eigenvalue weighted by Crippen LogP contribution is 2.38. The molecule has 0 saturated heterocycles. The predicted molar refractivity (Wildman–Crippen MR) is 134 cm³/mol. The van der Waals surface area contributed by atoms with E-state index >= 15 is 0 Å². The molecule has 0 saturated carbocycles. The van der Waals surface area contributed by atoms with Crippen LogP contribution in [-0.2, 0) is 23.8 Å². The standard InChI is InChI=1S/C28H28ClF3O4/c1-3-19-16-24(10-7-20(19)8-12-27(33)34)35-14-13-18(2)36-26-11-9-22(28(30,31)32)17-25(26)21-5-4-6-23(29)15-21/h4-7,9-11,15-18H,3,8,12-14H2,1-2H3,(H,33,34)/t18-/m0/s1. The summed E-state index contributed by atoms with van der Waals surface area (Å²) >= 11 is 6.07. The van der Waals surface area contributed by atoms with E-state index in [4.69, 9.17) is 26.2 Å². The molecule has 3 rings (SSSR count). The molecule has 0 aromatic heterocycles. The molecule has 192 valence electrons. The third-order valence-corrected chi connectivity index (χ3v) is 5.97. The summed E-state index contributed by atoms with van der Waals surface area (Å²) < 4.78 is 51.9. The van der Waals surface area contributed by atoms with Crippen LogP contribution in [0.1, 0.15) is 43.4 Å². The van der Waals surface area contributed by atoms with Gasteiger partial charge in [-0.1, -0.05) is 36.7 Å². The first-order valence-corrected chi connectivity index (χ1v) is 12.0. The summed E-state index contributed by atoms with van der Waals surface area (Å²) in [5.74, 6) is 0.166. The molecule has 1 N–H and O–H groups in total. The molecule has 0 aliphatic carbocycles. The van der Waals surface area contributed by atoms with Gasteiger partial charge < -0.3 is 14.6 Å². The van der Waals surface area contributed by atoms with Gasteiger partial charge in [-0.2, -0.15) is 13.2 Å². The van der Waals surface area contributed by atoms with E-state index in [0.717, 1.165) is 29.7 Å². The minimum Gasteiger partial charge on any atom is -0.493 e. The number of ether oxygens (including phenoxy) is 2. The summed E-state index contributed by atoms with van der Waals surface area (Å²) in [5.41, 5.74) is 2.10. The molecular formula is C28H28ClF3O4. The van der Waals surface area contributed by atoms with Gasteiger partial charge in [-0.05, 0) is 78.9 Å². The number of carbonyl (C=O) groups is 1. The lowest BCUT2D eigenvalue weighted by Crippen LogP contribution is -2.16. The molecule has 0 aliphatic heterocycles. The largest absolute Gasteiger partial charge is 0.493 e. The summed E-state index contributed by atoms with van der Waals surface area (Å²) in [5, 5.41) is 9.33. The maximum atomic E-state index is 13.3. The van der Waals surface area contributed by atoms with E-state index in [1.165, 1.54) is 6.07 Å². The lowest BCUT2D eigenvalue weighted by atomic mass is 10.0. The van der Waals surface area contributed by atoms with Crippen molar-refractivity contribution in [3.8, 4) is 22.6 Å². The Bertz CT molecular complexity index is 1190. The zero-order valence-electron chi connectivity index (χ0n) is 20.1. The Hall–Kier alpha value is -3.19. The van der Waals surface area contributed by atoms with Gasteiger partial charge in [0.15, 0.2) is 0 Å². The van der Waals surface area contributed by atoms with Crippen molar-refractivity contribution in [3.63, 3.8) is 0 Å². The number of benzene rings is 3. The van der Waals surface area contributed by atoms with Gasteiger partial charge in [-0.3, -0.25) is 4.79 Å². The van der Waals surface area contributed by atoms with Gasteiger partial charge in [0.25, 0.3) is 0 Å². The Kier molecular flexibility index (Phi) is 9.26. The van der Waals surface area contributed by atoms with Gasteiger partial charge in [-0.15, -0.1) is 0 Å². The molecular weight excluding hydrogens is 493 g/mol. The molecule has 0 bridgehead atoms. The molecule has 0 unspecified atom stereocenters. The van der Waals surface area contributed by atoms with Crippen molar-refractivity contribution in [2.75, 3.05) is 6.61 Å². The smallest absolute Gasteiger partial charge is 0.416 e. The second-order valence-electron chi connectivity index (χ2n) is 8.46. The predicted octanol–water partition coefficient (Wildman–Crippen LogP) is 7.84. The van der Waals surface area contributed by atoms with E-state index in [2.05, 4.69) is 0 Å². The average molecular weight is 521 g/mol. The van der Waals surface area contributed by atoms with E-state index in [1.54, 1.807) is 24.3 Å².